The van der Waals surface area contributed by atoms with E-state index in [1.54, 1.807) is 21.1 Å². The molecule has 21 heavy (non-hydrogen) atoms. The van der Waals surface area contributed by atoms with Gasteiger partial charge in [-0.25, -0.2) is 4.79 Å². The van der Waals surface area contributed by atoms with E-state index in [0.29, 0.717) is 25.3 Å². The van der Waals surface area contributed by atoms with Crippen LogP contribution >= 0.6 is 0 Å². The van der Waals surface area contributed by atoms with Crippen LogP contribution < -0.4 is 11.1 Å². The lowest BCUT2D eigenvalue weighted by atomic mass is 10.3. The Morgan fingerprint density at radius 1 is 1.48 bits per heavy atom. The summed E-state index contributed by atoms with van der Waals surface area (Å²) >= 11 is 0. The summed E-state index contributed by atoms with van der Waals surface area (Å²) in [5.74, 6) is -1.04. The minimum atomic E-state index is -0.908. The summed E-state index contributed by atoms with van der Waals surface area (Å²) in [6.07, 6.45) is -0.216. The van der Waals surface area contributed by atoms with Crippen LogP contribution in [0.4, 0.5) is 5.69 Å². The quantitative estimate of drug-likeness (QED) is 0.542. The summed E-state index contributed by atoms with van der Waals surface area (Å²) in [6, 6.07) is 0. The van der Waals surface area contributed by atoms with Crippen molar-refractivity contribution in [3.8, 4) is 0 Å². The lowest BCUT2D eigenvalue weighted by Gasteiger charge is -2.13. The number of esters is 1. The molecule has 1 atom stereocenters. The minimum Gasteiger partial charge on any atom is -0.448 e. The molecule has 8 heteroatoms. The van der Waals surface area contributed by atoms with Crippen molar-refractivity contribution in [2.45, 2.75) is 26.4 Å². The normalized spacial score (nSPS) is 12.0. The van der Waals surface area contributed by atoms with Crippen molar-refractivity contribution < 1.29 is 19.1 Å². The fraction of sp³-hybridized carbons (Fsp3) is 0.615. The van der Waals surface area contributed by atoms with Gasteiger partial charge in [0.2, 0.25) is 0 Å². The maximum atomic E-state index is 12.0. The number of carbonyl (C=O) groups excluding carboxylic acids is 2. The number of aryl methyl sites for hydroxylation is 2. The van der Waals surface area contributed by atoms with Gasteiger partial charge in [-0.1, -0.05) is 0 Å². The molecule has 0 aliphatic rings. The molecule has 0 spiro atoms. The molecule has 1 amide bonds. The van der Waals surface area contributed by atoms with Gasteiger partial charge in [-0.2, -0.15) is 5.10 Å². The number of nitrogens with zero attached hydrogens (tertiary/aromatic N) is 2. The van der Waals surface area contributed by atoms with Gasteiger partial charge in [0.25, 0.3) is 5.91 Å². The van der Waals surface area contributed by atoms with E-state index in [-0.39, 0.29) is 17.3 Å². The fourth-order valence-electron chi connectivity index (χ4n) is 1.76. The van der Waals surface area contributed by atoms with Gasteiger partial charge in [0.05, 0.1) is 11.4 Å². The SMILES string of the molecule is COCCCNC(=O)C(C)OC(=O)c1c(N)c(C)nn1C. The average Bonchev–Trinajstić information content (AvgIpc) is 2.67. The van der Waals surface area contributed by atoms with Crippen LogP contribution in [-0.2, 0) is 21.3 Å². The second kappa shape index (κ2) is 7.63. The Morgan fingerprint density at radius 3 is 2.67 bits per heavy atom. The third-order valence-corrected chi connectivity index (χ3v) is 2.94. The molecule has 3 N–H and O–H groups in total. The number of nitrogens with two attached hydrogens (primary N) is 1. The Hall–Kier alpha value is -2.09. The fourth-order valence-corrected chi connectivity index (χ4v) is 1.76. The van der Waals surface area contributed by atoms with Crippen LogP contribution in [0.1, 0.15) is 29.5 Å². The molecule has 1 rings (SSSR count). The van der Waals surface area contributed by atoms with Gasteiger partial charge in [-0.15, -0.1) is 0 Å². The number of anilines is 1. The molecule has 1 aromatic heterocycles. The molecule has 0 saturated carbocycles. The summed E-state index contributed by atoms with van der Waals surface area (Å²) in [6.45, 7) is 4.21. The summed E-state index contributed by atoms with van der Waals surface area (Å²) < 4.78 is 11.3. The second-order valence-corrected chi connectivity index (χ2v) is 4.66. The van der Waals surface area contributed by atoms with Gasteiger partial charge in [0, 0.05) is 27.3 Å². The zero-order chi connectivity index (χ0) is 16.0. The number of aromatic nitrogens is 2. The van der Waals surface area contributed by atoms with Gasteiger partial charge in [-0.3, -0.25) is 9.48 Å². The topological polar surface area (TPSA) is 108 Å². The smallest absolute Gasteiger partial charge is 0.359 e. The molecule has 0 fully saturated rings. The highest BCUT2D eigenvalue weighted by molar-refractivity contribution is 5.95. The second-order valence-electron chi connectivity index (χ2n) is 4.66. The average molecular weight is 298 g/mol. The van der Waals surface area contributed by atoms with E-state index in [1.807, 2.05) is 0 Å². The Morgan fingerprint density at radius 2 is 2.14 bits per heavy atom. The van der Waals surface area contributed by atoms with Crippen LogP contribution in [0.3, 0.4) is 0 Å². The molecule has 0 aromatic carbocycles. The third kappa shape index (κ3) is 4.45. The third-order valence-electron chi connectivity index (χ3n) is 2.94. The molecule has 8 nitrogen and oxygen atoms in total. The first-order chi connectivity index (χ1) is 9.88. The predicted octanol–water partition coefficient (Wildman–Crippen LogP) is 0.00872. The molecule has 1 unspecified atom stereocenters. The largest absolute Gasteiger partial charge is 0.448 e. The van der Waals surface area contributed by atoms with Crippen molar-refractivity contribution in [1.82, 2.24) is 15.1 Å². The predicted molar refractivity (Wildman–Crippen MR) is 76.7 cm³/mol. The van der Waals surface area contributed by atoms with Crippen LogP contribution in [0.2, 0.25) is 0 Å². The molecular formula is C13H22N4O4. The maximum Gasteiger partial charge on any atom is 0.359 e. The lowest BCUT2D eigenvalue weighted by molar-refractivity contribution is -0.129. The zero-order valence-electron chi connectivity index (χ0n) is 12.8. The van der Waals surface area contributed by atoms with E-state index in [2.05, 4.69) is 10.4 Å². The van der Waals surface area contributed by atoms with Crippen LogP contribution in [-0.4, -0.2) is 48.0 Å². The van der Waals surface area contributed by atoms with Crippen LogP contribution in [0.15, 0.2) is 0 Å². The molecule has 0 radical (unpaired) electrons. The van der Waals surface area contributed by atoms with Crippen LogP contribution in [0.5, 0.6) is 0 Å². The lowest BCUT2D eigenvalue weighted by Crippen LogP contribution is -2.37. The first-order valence-electron chi connectivity index (χ1n) is 6.65. The standard InChI is InChI=1S/C13H22N4O4/c1-8-10(14)11(17(3)16-8)13(19)21-9(2)12(18)15-6-5-7-20-4/h9H,5-7,14H2,1-4H3,(H,15,18). The van der Waals surface area contributed by atoms with Crippen molar-refractivity contribution >= 4 is 17.6 Å². The number of rotatable bonds is 7. The van der Waals surface area contributed by atoms with Crippen molar-refractivity contribution in [3.05, 3.63) is 11.4 Å². The van der Waals surface area contributed by atoms with E-state index >= 15 is 0 Å². The first-order valence-corrected chi connectivity index (χ1v) is 6.65. The van der Waals surface area contributed by atoms with Crippen LogP contribution in [0, 0.1) is 6.92 Å². The summed E-state index contributed by atoms with van der Waals surface area (Å²) in [5, 5.41) is 6.69. The molecule has 0 aliphatic carbocycles. The van der Waals surface area contributed by atoms with Gasteiger partial charge < -0.3 is 20.5 Å². The van der Waals surface area contributed by atoms with Crippen molar-refractivity contribution in [3.63, 3.8) is 0 Å². The molecule has 118 valence electrons. The highest BCUT2D eigenvalue weighted by atomic mass is 16.5. The monoisotopic (exact) mass is 298 g/mol. The van der Waals surface area contributed by atoms with Gasteiger partial charge >= 0.3 is 5.97 Å². The summed E-state index contributed by atoms with van der Waals surface area (Å²) in [7, 11) is 3.18. The number of nitrogens with one attached hydrogen (secondary N) is 1. The summed E-state index contributed by atoms with van der Waals surface area (Å²) in [5.41, 5.74) is 6.72. The number of methoxy groups -OCH3 is 1. The zero-order valence-corrected chi connectivity index (χ0v) is 12.8. The van der Waals surface area contributed by atoms with Gasteiger partial charge in [0.1, 0.15) is 0 Å². The summed E-state index contributed by atoms with van der Waals surface area (Å²) in [4.78, 5) is 23.8. The van der Waals surface area contributed by atoms with E-state index < -0.39 is 12.1 Å². The van der Waals surface area contributed by atoms with Crippen molar-refractivity contribution in [1.29, 1.82) is 0 Å². The molecule has 0 saturated heterocycles. The molecule has 0 aliphatic heterocycles. The minimum absolute atomic E-state index is 0.145. The van der Waals surface area contributed by atoms with E-state index in [9.17, 15) is 9.59 Å². The Kier molecular flexibility index (Phi) is 6.16. The van der Waals surface area contributed by atoms with Crippen LogP contribution in [0.25, 0.3) is 0 Å². The van der Waals surface area contributed by atoms with Gasteiger partial charge in [0.15, 0.2) is 11.8 Å². The van der Waals surface area contributed by atoms with E-state index in [1.165, 1.54) is 11.6 Å². The molecule has 0 bridgehead atoms. The van der Waals surface area contributed by atoms with Crippen molar-refractivity contribution in [2.75, 3.05) is 26.0 Å². The Labute approximate surface area is 123 Å². The van der Waals surface area contributed by atoms with Gasteiger partial charge in [-0.05, 0) is 20.3 Å². The number of amides is 1. The molecule has 1 heterocycles. The number of carbonyl (C=O) groups is 2. The number of hydrogen-bond acceptors (Lipinski definition) is 6. The molecule has 1 aromatic rings. The number of nitrogen functional groups attached to an aromatic ring is 1. The molecular weight excluding hydrogens is 276 g/mol. The van der Waals surface area contributed by atoms with Crippen molar-refractivity contribution in [2.24, 2.45) is 7.05 Å². The Bertz CT molecular complexity index is 513. The maximum absolute atomic E-state index is 12.0. The van der Waals surface area contributed by atoms with E-state index in [0.717, 1.165) is 0 Å². The first kappa shape index (κ1) is 17.0. The van der Waals surface area contributed by atoms with E-state index in [4.69, 9.17) is 15.2 Å². The number of ether oxygens (including phenoxy) is 2. The highest BCUT2D eigenvalue weighted by Gasteiger charge is 2.24. The number of hydrogen-bond donors (Lipinski definition) is 2. The highest BCUT2D eigenvalue weighted by Crippen LogP contribution is 2.16. The Balaban J connectivity index is 2.55.